The van der Waals surface area contributed by atoms with Crippen LogP contribution in [0.2, 0.25) is 0 Å². The Kier molecular flexibility index (Phi) is 3.06. The van der Waals surface area contributed by atoms with Crippen LogP contribution in [0.4, 0.5) is 0 Å². The van der Waals surface area contributed by atoms with Crippen molar-refractivity contribution in [3.63, 3.8) is 0 Å². The molecule has 0 bridgehead atoms. The van der Waals surface area contributed by atoms with E-state index >= 15 is 0 Å². The maximum atomic E-state index is 5.83. The van der Waals surface area contributed by atoms with Gasteiger partial charge in [0, 0.05) is 11.9 Å². The molecule has 82 valence electrons. The highest BCUT2D eigenvalue weighted by atomic mass is 35.5. The molecule has 1 aliphatic carbocycles. The highest BCUT2D eigenvalue weighted by Crippen LogP contribution is 2.51. The van der Waals surface area contributed by atoms with Crippen LogP contribution in [-0.2, 0) is 0 Å². The standard InChI is InChI=1S/C12H15ClO2/c1-14-9-3-4-10(12(6-9)15-2)11-5-8(11)7-13/h3-4,6,8,11H,5,7H2,1-2H3. The van der Waals surface area contributed by atoms with Crippen LogP contribution in [0, 0.1) is 5.92 Å². The van der Waals surface area contributed by atoms with Gasteiger partial charge in [-0.15, -0.1) is 11.6 Å². The van der Waals surface area contributed by atoms with Gasteiger partial charge >= 0.3 is 0 Å². The first kappa shape index (κ1) is 10.6. The maximum Gasteiger partial charge on any atom is 0.126 e. The van der Waals surface area contributed by atoms with Crippen molar-refractivity contribution in [2.24, 2.45) is 5.92 Å². The summed E-state index contributed by atoms with van der Waals surface area (Å²) in [6, 6.07) is 5.98. The van der Waals surface area contributed by atoms with Crippen molar-refractivity contribution >= 4 is 11.6 Å². The smallest absolute Gasteiger partial charge is 0.126 e. The Morgan fingerprint density at radius 3 is 2.67 bits per heavy atom. The Labute approximate surface area is 95.1 Å². The van der Waals surface area contributed by atoms with E-state index in [2.05, 4.69) is 6.07 Å². The van der Waals surface area contributed by atoms with Crippen LogP contribution in [0.5, 0.6) is 11.5 Å². The zero-order valence-electron chi connectivity index (χ0n) is 9.00. The molecular formula is C12H15ClO2. The highest BCUT2D eigenvalue weighted by molar-refractivity contribution is 6.18. The van der Waals surface area contributed by atoms with Crippen LogP contribution in [0.1, 0.15) is 17.9 Å². The largest absolute Gasteiger partial charge is 0.497 e. The first-order valence-corrected chi connectivity index (χ1v) is 5.61. The van der Waals surface area contributed by atoms with Crippen molar-refractivity contribution in [3.8, 4) is 11.5 Å². The van der Waals surface area contributed by atoms with Crippen LogP contribution < -0.4 is 9.47 Å². The van der Waals surface area contributed by atoms with Gasteiger partial charge in [0.25, 0.3) is 0 Å². The number of benzene rings is 1. The second-order valence-electron chi connectivity index (χ2n) is 3.86. The second kappa shape index (κ2) is 4.31. The fourth-order valence-electron chi connectivity index (χ4n) is 1.92. The summed E-state index contributed by atoms with van der Waals surface area (Å²) in [4.78, 5) is 0. The molecule has 1 saturated carbocycles. The Hall–Kier alpha value is -0.890. The predicted octanol–water partition coefficient (Wildman–Crippen LogP) is 3.05. The first-order valence-electron chi connectivity index (χ1n) is 5.08. The molecule has 2 rings (SSSR count). The molecule has 0 saturated heterocycles. The molecule has 0 heterocycles. The lowest BCUT2D eigenvalue weighted by atomic mass is 10.1. The fraction of sp³-hybridized carbons (Fsp3) is 0.500. The number of rotatable bonds is 4. The number of ether oxygens (including phenoxy) is 2. The molecule has 0 aliphatic heterocycles. The van der Waals surface area contributed by atoms with Crippen molar-refractivity contribution < 1.29 is 9.47 Å². The first-order chi connectivity index (χ1) is 7.30. The van der Waals surface area contributed by atoms with Gasteiger partial charge in [0.2, 0.25) is 0 Å². The monoisotopic (exact) mass is 226 g/mol. The van der Waals surface area contributed by atoms with Gasteiger partial charge in [0.1, 0.15) is 11.5 Å². The third-order valence-corrected chi connectivity index (χ3v) is 3.36. The van der Waals surface area contributed by atoms with Gasteiger partial charge in [-0.05, 0) is 29.9 Å². The minimum Gasteiger partial charge on any atom is -0.497 e. The van der Waals surface area contributed by atoms with E-state index in [0.717, 1.165) is 17.4 Å². The SMILES string of the molecule is COc1ccc(C2CC2CCl)c(OC)c1. The molecule has 1 fully saturated rings. The van der Waals surface area contributed by atoms with Crippen molar-refractivity contribution in [1.29, 1.82) is 0 Å². The Morgan fingerprint density at radius 1 is 1.33 bits per heavy atom. The summed E-state index contributed by atoms with van der Waals surface area (Å²) in [5.41, 5.74) is 1.25. The molecule has 1 aromatic carbocycles. The topological polar surface area (TPSA) is 18.5 Å². The van der Waals surface area contributed by atoms with Gasteiger partial charge in [-0.3, -0.25) is 0 Å². The molecule has 15 heavy (non-hydrogen) atoms. The number of methoxy groups -OCH3 is 2. The third kappa shape index (κ3) is 2.05. The number of halogens is 1. The van der Waals surface area contributed by atoms with E-state index in [1.807, 2.05) is 12.1 Å². The van der Waals surface area contributed by atoms with E-state index in [4.69, 9.17) is 21.1 Å². The van der Waals surface area contributed by atoms with Crippen molar-refractivity contribution in [3.05, 3.63) is 23.8 Å². The van der Waals surface area contributed by atoms with Crippen LogP contribution in [0.3, 0.4) is 0 Å². The van der Waals surface area contributed by atoms with Gasteiger partial charge in [-0.25, -0.2) is 0 Å². The quantitative estimate of drug-likeness (QED) is 0.735. The van der Waals surface area contributed by atoms with E-state index in [-0.39, 0.29) is 0 Å². The molecule has 2 nitrogen and oxygen atoms in total. The molecule has 3 heteroatoms. The molecule has 0 aromatic heterocycles. The lowest BCUT2D eigenvalue weighted by Gasteiger charge is -2.09. The van der Waals surface area contributed by atoms with Gasteiger partial charge in [-0.2, -0.15) is 0 Å². The summed E-state index contributed by atoms with van der Waals surface area (Å²) in [7, 11) is 3.35. The lowest BCUT2D eigenvalue weighted by molar-refractivity contribution is 0.391. The van der Waals surface area contributed by atoms with Crippen LogP contribution >= 0.6 is 11.6 Å². The van der Waals surface area contributed by atoms with Gasteiger partial charge in [0.15, 0.2) is 0 Å². The summed E-state index contributed by atoms with van der Waals surface area (Å²) < 4.78 is 10.5. The summed E-state index contributed by atoms with van der Waals surface area (Å²) >= 11 is 5.83. The number of alkyl halides is 1. The average Bonchev–Trinajstić information content (AvgIpc) is 3.07. The number of hydrogen-bond donors (Lipinski definition) is 0. The average molecular weight is 227 g/mol. The number of hydrogen-bond acceptors (Lipinski definition) is 2. The summed E-state index contributed by atoms with van der Waals surface area (Å²) in [6.07, 6.45) is 1.17. The van der Waals surface area contributed by atoms with E-state index in [1.165, 1.54) is 12.0 Å². The van der Waals surface area contributed by atoms with E-state index < -0.39 is 0 Å². The molecule has 2 atom stereocenters. The van der Waals surface area contributed by atoms with E-state index in [0.29, 0.717) is 11.8 Å². The summed E-state index contributed by atoms with van der Waals surface area (Å²) in [6.45, 7) is 0. The van der Waals surface area contributed by atoms with Crippen molar-refractivity contribution in [2.45, 2.75) is 12.3 Å². The van der Waals surface area contributed by atoms with Crippen molar-refractivity contribution in [1.82, 2.24) is 0 Å². The zero-order valence-corrected chi connectivity index (χ0v) is 9.75. The fourth-order valence-corrected chi connectivity index (χ4v) is 2.26. The molecule has 0 radical (unpaired) electrons. The van der Waals surface area contributed by atoms with E-state index in [9.17, 15) is 0 Å². The summed E-state index contributed by atoms with van der Waals surface area (Å²) in [5.74, 6) is 3.67. The van der Waals surface area contributed by atoms with Gasteiger partial charge in [-0.1, -0.05) is 6.07 Å². The minimum atomic E-state index is 0.573. The van der Waals surface area contributed by atoms with Gasteiger partial charge < -0.3 is 9.47 Å². The Balaban J connectivity index is 2.24. The molecule has 1 aromatic rings. The van der Waals surface area contributed by atoms with Crippen LogP contribution in [0.15, 0.2) is 18.2 Å². The molecular weight excluding hydrogens is 212 g/mol. The van der Waals surface area contributed by atoms with Gasteiger partial charge in [0.05, 0.1) is 14.2 Å². The zero-order chi connectivity index (χ0) is 10.8. The maximum absolute atomic E-state index is 5.83. The molecule has 0 N–H and O–H groups in total. The normalized spacial score (nSPS) is 23.7. The Morgan fingerprint density at radius 2 is 2.13 bits per heavy atom. The molecule has 0 spiro atoms. The third-order valence-electron chi connectivity index (χ3n) is 2.96. The predicted molar refractivity (Wildman–Crippen MR) is 61.1 cm³/mol. The molecule has 0 amide bonds. The van der Waals surface area contributed by atoms with Crippen molar-refractivity contribution in [2.75, 3.05) is 20.1 Å². The summed E-state index contributed by atoms with van der Waals surface area (Å²) in [5, 5.41) is 0. The van der Waals surface area contributed by atoms with Crippen LogP contribution in [-0.4, -0.2) is 20.1 Å². The lowest BCUT2D eigenvalue weighted by Crippen LogP contribution is -1.93. The Bertz CT molecular complexity index is 351. The molecule has 1 aliphatic rings. The second-order valence-corrected chi connectivity index (χ2v) is 4.17. The van der Waals surface area contributed by atoms with E-state index in [1.54, 1.807) is 14.2 Å². The van der Waals surface area contributed by atoms with Crippen LogP contribution in [0.25, 0.3) is 0 Å². The minimum absolute atomic E-state index is 0.573. The molecule has 2 unspecified atom stereocenters. The highest BCUT2D eigenvalue weighted by Gasteiger charge is 2.39.